The van der Waals surface area contributed by atoms with E-state index in [0.29, 0.717) is 18.7 Å². The zero-order chi connectivity index (χ0) is 13.5. The van der Waals surface area contributed by atoms with Crippen molar-refractivity contribution >= 4 is 5.97 Å². The lowest BCUT2D eigenvalue weighted by Crippen LogP contribution is -2.30. The molecule has 18 heavy (non-hydrogen) atoms. The molecule has 1 N–H and O–H groups in total. The third-order valence-electron chi connectivity index (χ3n) is 2.39. The molecule has 0 aliphatic heterocycles. The van der Waals surface area contributed by atoms with Gasteiger partial charge in [0.15, 0.2) is 0 Å². The molecule has 0 aromatic heterocycles. The quantitative estimate of drug-likeness (QED) is 0.838. The molecule has 0 heterocycles. The molecule has 0 radical (unpaired) electrons. The molecule has 0 saturated carbocycles. The molecule has 0 bridgehead atoms. The van der Waals surface area contributed by atoms with Gasteiger partial charge in [-0.2, -0.15) is 5.26 Å². The number of aliphatic carboxylic acids is 1. The van der Waals surface area contributed by atoms with Crippen LogP contribution in [-0.4, -0.2) is 29.1 Å². The Morgan fingerprint density at radius 3 is 2.78 bits per heavy atom. The van der Waals surface area contributed by atoms with Gasteiger partial charge in [0, 0.05) is 6.54 Å². The summed E-state index contributed by atoms with van der Waals surface area (Å²) >= 11 is 0. The van der Waals surface area contributed by atoms with Crippen LogP contribution in [-0.2, 0) is 11.3 Å². The Morgan fingerprint density at radius 2 is 2.22 bits per heavy atom. The number of hydrogen-bond donors (Lipinski definition) is 1. The largest absolute Gasteiger partial charge is 0.480 e. The van der Waals surface area contributed by atoms with E-state index in [1.165, 1.54) is 6.07 Å². The summed E-state index contributed by atoms with van der Waals surface area (Å²) in [7, 11) is 0. The Labute approximate surface area is 105 Å². The third-order valence-corrected chi connectivity index (χ3v) is 2.39. The molecule has 1 rings (SSSR count). The molecule has 0 aliphatic carbocycles. The average molecular weight is 250 g/mol. The van der Waals surface area contributed by atoms with Crippen molar-refractivity contribution < 1.29 is 14.3 Å². The maximum Gasteiger partial charge on any atom is 0.317 e. The average Bonchev–Trinajstić information content (AvgIpc) is 2.27. The number of benzene rings is 1. The SMILES string of the molecule is CCCN(CC(=O)O)Cc1cc(F)cc(C#N)c1. The predicted molar refractivity (Wildman–Crippen MR) is 64.3 cm³/mol. The normalized spacial score (nSPS) is 10.3. The summed E-state index contributed by atoms with van der Waals surface area (Å²) in [4.78, 5) is 12.4. The summed E-state index contributed by atoms with van der Waals surface area (Å²) < 4.78 is 13.2. The van der Waals surface area contributed by atoms with Crippen LogP contribution >= 0.6 is 0 Å². The molecule has 1 aromatic rings. The third kappa shape index (κ3) is 4.52. The molecule has 0 atom stereocenters. The Balaban J connectivity index is 2.83. The van der Waals surface area contributed by atoms with Crippen LogP contribution in [0.15, 0.2) is 18.2 Å². The number of rotatable bonds is 6. The second kappa shape index (κ2) is 6.72. The van der Waals surface area contributed by atoms with Crippen LogP contribution in [0, 0.1) is 17.1 Å². The van der Waals surface area contributed by atoms with Gasteiger partial charge in [-0.05, 0) is 36.7 Å². The molecule has 4 nitrogen and oxygen atoms in total. The Hall–Kier alpha value is -1.93. The van der Waals surface area contributed by atoms with Gasteiger partial charge in [-0.1, -0.05) is 6.92 Å². The number of carboxylic acid groups (broad SMARTS) is 1. The summed E-state index contributed by atoms with van der Waals surface area (Å²) in [5.74, 6) is -1.39. The van der Waals surface area contributed by atoms with E-state index < -0.39 is 11.8 Å². The number of carbonyl (C=O) groups is 1. The maximum atomic E-state index is 13.2. The molecule has 0 fully saturated rings. The van der Waals surface area contributed by atoms with Crippen molar-refractivity contribution in [1.82, 2.24) is 4.90 Å². The molecule has 96 valence electrons. The van der Waals surface area contributed by atoms with E-state index in [2.05, 4.69) is 0 Å². The van der Waals surface area contributed by atoms with Crippen LogP contribution in [0.1, 0.15) is 24.5 Å². The summed E-state index contributed by atoms with van der Waals surface area (Å²) in [5.41, 5.74) is 0.859. The van der Waals surface area contributed by atoms with Crippen molar-refractivity contribution in [1.29, 1.82) is 5.26 Å². The Morgan fingerprint density at radius 1 is 1.50 bits per heavy atom. The van der Waals surface area contributed by atoms with Crippen molar-refractivity contribution in [2.45, 2.75) is 19.9 Å². The number of nitrogens with zero attached hydrogens (tertiary/aromatic N) is 2. The molecule has 0 aliphatic rings. The minimum Gasteiger partial charge on any atom is -0.480 e. The smallest absolute Gasteiger partial charge is 0.317 e. The van der Waals surface area contributed by atoms with Gasteiger partial charge in [0.1, 0.15) is 5.82 Å². The van der Waals surface area contributed by atoms with Crippen LogP contribution in [0.4, 0.5) is 4.39 Å². The van der Waals surface area contributed by atoms with Crippen molar-refractivity contribution in [3.63, 3.8) is 0 Å². The molecule has 0 spiro atoms. The van der Waals surface area contributed by atoms with Gasteiger partial charge in [-0.15, -0.1) is 0 Å². The van der Waals surface area contributed by atoms with Gasteiger partial charge in [0.05, 0.1) is 18.2 Å². The monoisotopic (exact) mass is 250 g/mol. The van der Waals surface area contributed by atoms with Gasteiger partial charge in [-0.3, -0.25) is 9.69 Å². The lowest BCUT2D eigenvalue weighted by atomic mass is 10.1. The first kappa shape index (κ1) is 14.1. The lowest BCUT2D eigenvalue weighted by Gasteiger charge is -2.19. The highest BCUT2D eigenvalue weighted by molar-refractivity contribution is 5.69. The number of halogens is 1. The fraction of sp³-hybridized carbons (Fsp3) is 0.385. The Bertz CT molecular complexity index is 469. The van der Waals surface area contributed by atoms with E-state index in [-0.39, 0.29) is 12.1 Å². The van der Waals surface area contributed by atoms with Crippen LogP contribution in [0.3, 0.4) is 0 Å². The van der Waals surface area contributed by atoms with Crippen molar-refractivity contribution in [3.05, 3.63) is 35.1 Å². The predicted octanol–water partition coefficient (Wildman–Crippen LogP) is 1.99. The highest BCUT2D eigenvalue weighted by Crippen LogP contribution is 2.11. The number of hydrogen-bond acceptors (Lipinski definition) is 3. The van der Waals surface area contributed by atoms with Crippen LogP contribution in [0.2, 0.25) is 0 Å². The van der Waals surface area contributed by atoms with E-state index >= 15 is 0 Å². The molecule has 0 saturated heterocycles. The molecule has 0 amide bonds. The fourth-order valence-electron chi connectivity index (χ4n) is 1.79. The minimum atomic E-state index is -0.916. The molecular weight excluding hydrogens is 235 g/mol. The van der Waals surface area contributed by atoms with E-state index in [4.69, 9.17) is 10.4 Å². The molecule has 0 unspecified atom stereocenters. The fourth-order valence-corrected chi connectivity index (χ4v) is 1.79. The van der Waals surface area contributed by atoms with Crippen molar-refractivity contribution in [2.24, 2.45) is 0 Å². The summed E-state index contributed by atoms with van der Waals surface area (Å²) in [5, 5.41) is 17.5. The second-order valence-corrected chi connectivity index (χ2v) is 4.06. The van der Waals surface area contributed by atoms with Gasteiger partial charge in [0.2, 0.25) is 0 Å². The first-order chi connectivity index (χ1) is 8.55. The van der Waals surface area contributed by atoms with Crippen LogP contribution in [0.5, 0.6) is 0 Å². The zero-order valence-corrected chi connectivity index (χ0v) is 10.2. The summed E-state index contributed by atoms with van der Waals surface area (Å²) in [6.07, 6.45) is 0.813. The minimum absolute atomic E-state index is 0.0910. The van der Waals surface area contributed by atoms with Crippen molar-refractivity contribution in [2.75, 3.05) is 13.1 Å². The maximum absolute atomic E-state index is 13.2. The van der Waals surface area contributed by atoms with Crippen LogP contribution in [0.25, 0.3) is 0 Å². The Kier molecular flexibility index (Phi) is 5.28. The standard InChI is InChI=1S/C13H15FN2O2/c1-2-3-16(9-13(17)18)8-11-4-10(7-15)5-12(14)6-11/h4-6H,2-3,8-9H2,1H3,(H,17,18). The van der Waals surface area contributed by atoms with Gasteiger partial charge >= 0.3 is 5.97 Å². The van der Waals surface area contributed by atoms with E-state index in [1.807, 2.05) is 13.0 Å². The van der Waals surface area contributed by atoms with E-state index in [9.17, 15) is 9.18 Å². The molecular formula is C13H15FN2O2. The van der Waals surface area contributed by atoms with E-state index in [0.717, 1.165) is 12.5 Å². The van der Waals surface area contributed by atoms with Crippen LogP contribution < -0.4 is 0 Å². The zero-order valence-electron chi connectivity index (χ0n) is 10.2. The van der Waals surface area contributed by atoms with Crippen molar-refractivity contribution in [3.8, 4) is 6.07 Å². The second-order valence-electron chi connectivity index (χ2n) is 4.06. The molecule has 1 aromatic carbocycles. The summed E-state index contributed by atoms with van der Waals surface area (Å²) in [6, 6.07) is 5.94. The first-order valence-corrected chi connectivity index (χ1v) is 5.69. The number of nitriles is 1. The van der Waals surface area contributed by atoms with E-state index in [1.54, 1.807) is 11.0 Å². The first-order valence-electron chi connectivity index (χ1n) is 5.69. The highest BCUT2D eigenvalue weighted by atomic mass is 19.1. The van der Waals surface area contributed by atoms with Gasteiger partial charge < -0.3 is 5.11 Å². The summed E-state index contributed by atoms with van der Waals surface area (Å²) in [6.45, 7) is 2.80. The topological polar surface area (TPSA) is 64.3 Å². The molecule has 5 heteroatoms. The lowest BCUT2D eigenvalue weighted by molar-refractivity contribution is -0.138. The van der Waals surface area contributed by atoms with Gasteiger partial charge in [-0.25, -0.2) is 4.39 Å². The highest BCUT2D eigenvalue weighted by Gasteiger charge is 2.10. The van der Waals surface area contributed by atoms with Gasteiger partial charge in [0.25, 0.3) is 0 Å². The number of carboxylic acids is 1.